The van der Waals surface area contributed by atoms with Crippen molar-refractivity contribution in [3.63, 3.8) is 0 Å². The summed E-state index contributed by atoms with van der Waals surface area (Å²) in [6.45, 7) is 4.62. The molecule has 0 aliphatic heterocycles. The molecule has 1 aromatic rings. The minimum atomic E-state index is -0.293. The SMILES string of the molecule is Cc1noc(C)c1CNC(=O)C1(CN)CC1. The number of amides is 1. The van der Waals surface area contributed by atoms with E-state index in [1.54, 1.807) is 0 Å². The lowest BCUT2D eigenvalue weighted by Crippen LogP contribution is -2.36. The standard InChI is InChI=1S/C11H17N3O2/c1-7-9(8(2)16-14-7)5-13-10(15)11(6-12)3-4-11/h3-6,12H2,1-2H3,(H,13,15). The maximum atomic E-state index is 11.8. The van der Waals surface area contributed by atoms with Gasteiger partial charge in [0.1, 0.15) is 5.76 Å². The summed E-state index contributed by atoms with van der Waals surface area (Å²) < 4.78 is 5.03. The molecule has 5 nitrogen and oxygen atoms in total. The summed E-state index contributed by atoms with van der Waals surface area (Å²) in [6, 6.07) is 0. The Hall–Kier alpha value is -1.36. The van der Waals surface area contributed by atoms with Gasteiger partial charge in [0.25, 0.3) is 0 Å². The van der Waals surface area contributed by atoms with Crippen molar-refractivity contribution in [2.24, 2.45) is 11.1 Å². The van der Waals surface area contributed by atoms with Crippen LogP contribution in [0, 0.1) is 19.3 Å². The van der Waals surface area contributed by atoms with E-state index in [0.717, 1.165) is 29.9 Å². The van der Waals surface area contributed by atoms with Crippen molar-refractivity contribution in [1.82, 2.24) is 10.5 Å². The fraction of sp³-hybridized carbons (Fsp3) is 0.636. The molecule has 5 heteroatoms. The molecule has 1 amide bonds. The largest absolute Gasteiger partial charge is 0.361 e. The van der Waals surface area contributed by atoms with E-state index in [4.69, 9.17) is 10.3 Å². The molecule has 2 rings (SSSR count). The zero-order chi connectivity index (χ0) is 11.8. The molecular formula is C11H17N3O2. The summed E-state index contributed by atoms with van der Waals surface area (Å²) in [4.78, 5) is 11.8. The second kappa shape index (κ2) is 3.90. The minimum Gasteiger partial charge on any atom is -0.361 e. The Morgan fingerprint density at radius 2 is 2.25 bits per heavy atom. The quantitative estimate of drug-likeness (QED) is 0.785. The van der Waals surface area contributed by atoms with Gasteiger partial charge in [-0.15, -0.1) is 0 Å². The van der Waals surface area contributed by atoms with Crippen molar-refractivity contribution in [1.29, 1.82) is 0 Å². The van der Waals surface area contributed by atoms with Crippen molar-refractivity contribution >= 4 is 5.91 Å². The Morgan fingerprint density at radius 1 is 1.56 bits per heavy atom. The number of nitrogens with one attached hydrogen (secondary N) is 1. The second-order valence-corrected chi connectivity index (χ2v) is 4.47. The van der Waals surface area contributed by atoms with Crippen LogP contribution >= 0.6 is 0 Å². The van der Waals surface area contributed by atoms with Crippen LogP contribution in [0.5, 0.6) is 0 Å². The molecule has 1 fully saturated rings. The second-order valence-electron chi connectivity index (χ2n) is 4.47. The molecule has 0 spiro atoms. The first-order valence-corrected chi connectivity index (χ1v) is 5.49. The number of nitrogens with zero attached hydrogens (tertiary/aromatic N) is 1. The van der Waals surface area contributed by atoms with Crippen LogP contribution in [0.1, 0.15) is 29.9 Å². The van der Waals surface area contributed by atoms with Gasteiger partial charge >= 0.3 is 0 Å². The Morgan fingerprint density at radius 3 is 2.69 bits per heavy atom. The number of carbonyl (C=O) groups is 1. The molecule has 1 saturated carbocycles. The highest BCUT2D eigenvalue weighted by Gasteiger charge is 2.48. The van der Waals surface area contributed by atoms with Gasteiger partial charge in [-0.25, -0.2) is 0 Å². The molecule has 0 atom stereocenters. The van der Waals surface area contributed by atoms with Crippen LogP contribution in [-0.2, 0) is 11.3 Å². The van der Waals surface area contributed by atoms with E-state index in [-0.39, 0.29) is 11.3 Å². The van der Waals surface area contributed by atoms with E-state index >= 15 is 0 Å². The van der Waals surface area contributed by atoms with Crippen molar-refractivity contribution < 1.29 is 9.32 Å². The van der Waals surface area contributed by atoms with Crippen LogP contribution in [-0.4, -0.2) is 17.6 Å². The smallest absolute Gasteiger partial charge is 0.227 e. The predicted octanol–water partition coefficient (Wildman–Crippen LogP) is 0.647. The number of aryl methyl sites for hydroxylation is 2. The summed E-state index contributed by atoms with van der Waals surface area (Å²) in [5, 5.41) is 6.74. The first kappa shape index (κ1) is 11.1. The maximum absolute atomic E-state index is 11.8. The van der Waals surface area contributed by atoms with Crippen LogP contribution in [0.15, 0.2) is 4.52 Å². The lowest BCUT2D eigenvalue weighted by Gasteiger charge is -2.12. The lowest BCUT2D eigenvalue weighted by atomic mass is 10.1. The highest BCUT2D eigenvalue weighted by Crippen LogP contribution is 2.44. The van der Waals surface area contributed by atoms with Gasteiger partial charge in [-0.2, -0.15) is 0 Å². The van der Waals surface area contributed by atoms with Gasteiger partial charge in [0.15, 0.2) is 0 Å². The van der Waals surface area contributed by atoms with E-state index in [9.17, 15) is 4.79 Å². The average Bonchev–Trinajstić information content (AvgIpc) is 3.01. The van der Waals surface area contributed by atoms with Crippen LogP contribution in [0.3, 0.4) is 0 Å². The number of nitrogens with two attached hydrogens (primary N) is 1. The van der Waals surface area contributed by atoms with E-state index in [0.29, 0.717) is 13.1 Å². The van der Waals surface area contributed by atoms with Crippen LogP contribution < -0.4 is 11.1 Å². The first-order chi connectivity index (χ1) is 7.59. The Bertz CT molecular complexity index is 388. The van der Waals surface area contributed by atoms with Gasteiger partial charge in [0, 0.05) is 18.7 Å². The summed E-state index contributed by atoms with van der Waals surface area (Å²) in [5.74, 6) is 0.811. The molecule has 3 N–H and O–H groups in total. The van der Waals surface area contributed by atoms with Crippen LogP contribution in [0.2, 0.25) is 0 Å². The van der Waals surface area contributed by atoms with E-state index in [1.807, 2.05) is 13.8 Å². The fourth-order valence-corrected chi connectivity index (χ4v) is 1.79. The Labute approximate surface area is 94.4 Å². The topological polar surface area (TPSA) is 81.2 Å². The molecule has 1 aromatic heterocycles. The third-order valence-corrected chi connectivity index (χ3v) is 3.33. The molecule has 0 radical (unpaired) electrons. The lowest BCUT2D eigenvalue weighted by molar-refractivity contribution is -0.126. The van der Waals surface area contributed by atoms with Crippen molar-refractivity contribution in [2.45, 2.75) is 33.2 Å². The van der Waals surface area contributed by atoms with Crippen LogP contribution in [0.25, 0.3) is 0 Å². The zero-order valence-corrected chi connectivity index (χ0v) is 9.67. The number of carbonyl (C=O) groups excluding carboxylic acids is 1. The number of hydrogen-bond donors (Lipinski definition) is 2. The summed E-state index contributed by atoms with van der Waals surface area (Å²) >= 11 is 0. The number of hydrogen-bond acceptors (Lipinski definition) is 4. The van der Waals surface area contributed by atoms with E-state index in [1.165, 1.54) is 0 Å². The normalized spacial score (nSPS) is 17.2. The maximum Gasteiger partial charge on any atom is 0.227 e. The fourth-order valence-electron chi connectivity index (χ4n) is 1.79. The zero-order valence-electron chi connectivity index (χ0n) is 9.67. The van der Waals surface area contributed by atoms with E-state index in [2.05, 4.69) is 10.5 Å². The molecule has 88 valence electrons. The first-order valence-electron chi connectivity index (χ1n) is 5.49. The third-order valence-electron chi connectivity index (χ3n) is 3.33. The molecule has 1 heterocycles. The van der Waals surface area contributed by atoms with Gasteiger partial charge in [-0.3, -0.25) is 4.79 Å². The summed E-state index contributed by atoms with van der Waals surface area (Å²) in [5.41, 5.74) is 7.08. The number of rotatable bonds is 4. The summed E-state index contributed by atoms with van der Waals surface area (Å²) in [6.07, 6.45) is 1.80. The average molecular weight is 223 g/mol. The van der Waals surface area contributed by atoms with Gasteiger partial charge < -0.3 is 15.6 Å². The van der Waals surface area contributed by atoms with Crippen molar-refractivity contribution in [2.75, 3.05) is 6.54 Å². The molecule has 1 aliphatic rings. The molecule has 0 saturated heterocycles. The van der Waals surface area contributed by atoms with Gasteiger partial charge in [0.05, 0.1) is 11.1 Å². The van der Waals surface area contributed by atoms with Gasteiger partial charge in [-0.05, 0) is 26.7 Å². The minimum absolute atomic E-state index is 0.0509. The molecule has 1 aliphatic carbocycles. The highest BCUT2D eigenvalue weighted by atomic mass is 16.5. The third kappa shape index (κ3) is 1.82. The van der Waals surface area contributed by atoms with Gasteiger partial charge in [0.2, 0.25) is 5.91 Å². The van der Waals surface area contributed by atoms with E-state index < -0.39 is 0 Å². The number of aromatic nitrogens is 1. The Balaban J connectivity index is 1.95. The van der Waals surface area contributed by atoms with Gasteiger partial charge in [-0.1, -0.05) is 5.16 Å². The monoisotopic (exact) mass is 223 g/mol. The molecule has 0 bridgehead atoms. The molecule has 0 aromatic carbocycles. The Kier molecular flexibility index (Phi) is 2.71. The van der Waals surface area contributed by atoms with Crippen LogP contribution in [0.4, 0.5) is 0 Å². The highest BCUT2D eigenvalue weighted by molar-refractivity contribution is 5.85. The summed E-state index contributed by atoms with van der Waals surface area (Å²) in [7, 11) is 0. The molecule has 0 unspecified atom stereocenters. The molecular weight excluding hydrogens is 206 g/mol. The predicted molar refractivity (Wildman–Crippen MR) is 58.5 cm³/mol. The van der Waals surface area contributed by atoms with Crippen molar-refractivity contribution in [3.05, 3.63) is 17.0 Å². The van der Waals surface area contributed by atoms with Crippen molar-refractivity contribution in [3.8, 4) is 0 Å². The molecule has 16 heavy (non-hydrogen) atoms.